The Morgan fingerprint density at radius 2 is 1.73 bits per heavy atom. The maximum absolute atomic E-state index is 11.5. The number of benzene rings is 2. The van der Waals surface area contributed by atoms with Crippen LogP contribution in [0.3, 0.4) is 0 Å². The molecule has 7 heteroatoms. The highest BCUT2D eigenvalue weighted by Gasteiger charge is 2.22. The number of carbonyl (C=O) groups is 1. The number of ketones is 1. The van der Waals surface area contributed by atoms with Gasteiger partial charge in [-0.15, -0.1) is 0 Å². The van der Waals surface area contributed by atoms with Crippen molar-refractivity contribution in [2.75, 3.05) is 31.1 Å². The molecule has 156 valence electrons. The summed E-state index contributed by atoms with van der Waals surface area (Å²) in [6.07, 6.45) is 0.785. The monoisotopic (exact) mass is 422 g/mol. The molecular formula is C23H28N5OS+. The van der Waals surface area contributed by atoms with Crippen LogP contribution in [-0.4, -0.2) is 46.3 Å². The van der Waals surface area contributed by atoms with Gasteiger partial charge in [0.1, 0.15) is 5.82 Å². The third-order valence-electron chi connectivity index (χ3n) is 5.82. The fraction of sp³-hybridized carbons (Fsp3) is 0.348. The highest BCUT2D eigenvalue weighted by Crippen LogP contribution is 2.15. The van der Waals surface area contributed by atoms with Crippen molar-refractivity contribution in [1.29, 1.82) is 0 Å². The summed E-state index contributed by atoms with van der Waals surface area (Å²) in [7, 11) is 2.00. The normalized spacial score (nSPS) is 14.8. The summed E-state index contributed by atoms with van der Waals surface area (Å²) >= 11 is 5.64. The first-order chi connectivity index (χ1) is 14.5. The van der Waals surface area contributed by atoms with Gasteiger partial charge in [-0.1, -0.05) is 30.3 Å². The van der Waals surface area contributed by atoms with Gasteiger partial charge in [-0.2, -0.15) is 9.78 Å². The number of quaternary nitrogens is 1. The number of anilines is 1. The number of piperazine rings is 1. The van der Waals surface area contributed by atoms with Gasteiger partial charge < -0.3 is 14.4 Å². The van der Waals surface area contributed by atoms with E-state index in [9.17, 15) is 4.79 Å². The quantitative estimate of drug-likeness (QED) is 0.488. The van der Waals surface area contributed by atoms with Crippen LogP contribution in [0.25, 0.3) is 0 Å². The highest BCUT2D eigenvalue weighted by atomic mass is 32.1. The minimum Gasteiger partial charge on any atom is -0.360 e. The van der Waals surface area contributed by atoms with Crippen molar-refractivity contribution < 1.29 is 9.69 Å². The van der Waals surface area contributed by atoms with Gasteiger partial charge in [0.15, 0.2) is 12.5 Å². The van der Waals surface area contributed by atoms with Crippen molar-refractivity contribution in [2.24, 2.45) is 7.05 Å². The Kier molecular flexibility index (Phi) is 6.11. The lowest BCUT2D eigenvalue weighted by Gasteiger charge is -2.33. The predicted molar refractivity (Wildman–Crippen MR) is 121 cm³/mol. The fourth-order valence-electron chi connectivity index (χ4n) is 3.93. The Balaban J connectivity index is 1.37. The molecule has 1 aliphatic heterocycles. The van der Waals surface area contributed by atoms with E-state index in [2.05, 4.69) is 29.2 Å². The topological polar surface area (TPSA) is 47.5 Å². The molecule has 0 radical (unpaired) electrons. The predicted octanol–water partition coefficient (Wildman–Crippen LogP) is 2.11. The number of rotatable bonds is 6. The van der Waals surface area contributed by atoms with Crippen molar-refractivity contribution in [3.63, 3.8) is 0 Å². The van der Waals surface area contributed by atoms with E-state index in [0.717, 1.165) is 55.4 Å². The van der Waals surface area contributed by atoms with E-state index in [1.807, 2.05) is 46.6 Å². The van der Waals surface area contributed by atoms with Crippen LogP contribution < -0.4 is 9.80 Å². The van der Waals surface area contributed by atoms with Gasteiger partial charge in [0, 0.05) is 24.7 Å². The van der Waals surface area contributed by atoms with Crippen LogP contribution in [0.4, 0.5) is 5.69 Å². The van der Waals surface area contributed by atoms with E-state index >= 15 is 0 Å². The molecule has 1 N–H and O–H groups in total. The largest absolute Gasteiger partial charge is 0.360 e. The Morgan fingerprint density at radius 1 is 1.07 bits per heavy atom. The smallest absolute Gasteiger partial charge is 0.202 e. The molecule has 0 saturated carbocycles. The Bertz CT molecular complexity index is 1060. The first kappa shape index (κ1) is 20.5. The Labute approximate surface area is 182 Å². The summed E-state index contributed by atoms with van der Waals surface area (Å²) in [5.74, 6) is 1.10. The minimum absolute atomic E-state index is 0.106. The molecular weight excluding hydrogens is 394 g/mol. The molecule has 3 aromatic rings. The number of hydrogen-bond donors (Lipinski definition) is 1. The summed E-state index contributed by atoms with van der Waals surface area (Å²) in [6, 6.07) is 18.3. The lowest BCUT2D eigenvalue weighted by atomic mass is 10.1. The molecule has 2 heterocycles. The number of nitrogens with one attached hydrogen (secondary N) is 1. The zero-order valence-corrected chi connectivity index (χ0v) is 18.4. The highest BCUT2D eigenvalue weighted by molar-refractivity contribution is 7.71. The first-order valence-electron chi connectivity index (χ1n) is 10.4. The zero-order valence-electron chi connectivity index (χ0n) is 17.5. The standard InChI is InChI=1S/C23H27N5OS/c1-18(29)20-8-10-21(11-9-20)27-14-12-26(13-15-27)17-28-23(30)25(2)22(24-28)16-19-6-4-3-5-7-19/h3-11H,12-17H2,1-2H3/p+1. The van der Waals surface area contributed by atoms with Gasteiger partial charge in [0.2, 0.25) is 4.77 Å². The average Bonchev–Trinajstić information content (AvgIpc) is 3.03. The molecule has 0 spiro atoms. The van der Waals surface area contributed by atoms with Crippen LogP contribution in [0.1, 0.15) is 28.7 Å². The summed E-state index contributed by atoms with van der Waals surface area (Å²) in [4.78, 5) is 15.3. The molecule has 0 amide bonds. The second-order valence-electron chi connectivity index (χ2n) is 7.92. The van der Waals surface area contributed by atoms with Gasteiger partial charge in [-0.3, -0.25) is 4.79 Å². The lowest BCUT2D eigenvalue weighted by molar-refractivity contribution is -0.924. The Hall–Kier alpha value is -2.77. The van der Waals surface area contributed by atoms with Crippen molar-refractivity contribution in [2.45, 2.75) is 20.0 Å². The molecule has 0 unspecified atom stereocenters. The van der Waals surface area contributed by atoms with Crippen LogP contribution in [0.2, 0.25) is 0 Å². The maximum Gasteiger partial charge on any atom is 0.202 e. The third kappa shape index (κ3) is 4.52. The molecule has 30 heavy (non-hydrogen) atoms. The van der Waals surface area contributed by atoms with Crippen LogP contribution in [-0.2, 0) is 20.1 Å². The number of carbonyl (C=O) groups excluding carboxylic acids is 1. The van der Waals surface area contributed by atoms with Gasteiger partial charge in [0.05, 0.1) is 26.2 Å². The molecule has 0 aliphatic carbocycles. The first-order valence-corrected chi connectivity index (χ1v) is 10.8. The lowest BCUT2D eigenvalue weighted by Crippen LogP contribution is -3.14. The van der Waals surface area contributed by atoms with Crippen molar-refractivity contribution >= 4 is 23.7 Å². The molecule has 0 bridgehead atoms. The molecule has 1 fully saturated rings. The summed E-state index contributed by atoms with van der Waals surface area (Å²) in [6.45, 7) is 6.41. The van der Waals surface area contributed by atoms with Crippen LogP contribution in [0, 0.1) is 4.77 Å². The van der Waals surface area contributed by atoms with E-state index < -0.39 is 0 Å². The van der Waals surface area contributed by atoms with E-state index in [1.165, 1.54) is 16.2 Å². The van der Waals surface area contributed by atoms with Gasteiger partial charge in [-0.05, 0) is 49.0 Å². The van der Waals surface area contributed by atoms with E-state index in [4.69, 9.17) is 17.3 Å². The van der Waals surface area contributed by atoms with Crippen molar-refractivity contribution in [3.8, 4) is 0 Å². The number of Topliss-reactive ketones (excluding diaryl/α,β-unsaturated/α-hetero) is 1. The second-order valence-corrected chi connectivity index (χ2v) is 8.28. The van der Waals surface area contributed by atoms with E-state index in [1.54, 1.807) is 6.92 Å². The SMILES string of the molecule is CC(=O)c1ccc(N2CC[NH+](Cn3nc(Cc4ccccc4)n(C)c3=S)CC2)cc1. The van der Waals surface area contributed by atoms with Crippen LogP contribution >= 0.6 is 12.2 Å². The molecule has 1 saturated heterocycles. The minimum atomic E-state index is 0.106. The number of nitrogens with zero attached hydrogens (tertiary/aromatic N) is 4. The molecule has 4 rings (SSSR count). The molecule has 1 aliphatic rings. The fourth-order valence-corrected chi connectivity index (χ4v) is 4.14. The average molecular weight is 423 g/mol. The van der Waals surface area contributed by atoms with E-state index in [-0.39, 0.29) is 5.78 Å². The van der Waals surface area contributed by atoms with Crippen molar-refractivity contribution in [1.82, 2.24) is 14.3 Å². The van der Waals surface area contributed by atoms with Gasteiger partial charge in [0.25, 0.3) is 0 Å². The zero-order chi connectivity index (χ0) is 21.1. The number of hydrogen-bond acceptors (Lipinski definition) is 4. The molecule has 0 atom stereocenters. The Morgan fingerprint density at radius 3 is 2.37 bits per heavy atom. The second kappa shape index (κ2) is 8.93. The van der Waals surface area contributed by atoms with Gasteiger partial charge >= 0.3 is 0 Å². The summed E-state index contributed by atoms with van der Waals surface area (Å²) in [5, 5.41) is 4.81. The molecule has 2 aromatic carbocycles. The summed E-state index contributed by atoms with van der Waals surface area (Å²) < 4.78 is 4.77. The van der Waals surface area contributed by atoms with E-state index in [0.29, 0.717) is 0 Å². The summed E-state index contributed by atoms with van der Waals surface area (Å²) in [5.41, 5.74) is 3.18. The number of aromatic nitrogens is 3. The van der Waals surface area contributed by atoms with Crippen LogP contribution in [0.5, 0.6) is 0 Å². The van der Waals surface area contributed by atoms with Crippen molar-refractivity contribution in [3.05, 3.63) is 76.3 Å². The van der Waals surface area contributed by atoms with Crippen LogP contribution in [0.15, 0.2) is 54.6 Å². The van der Waals surface area contributed by atoms with Gasteiger partial charge in [-0.25, -0.2) is 0 Å². The molecule has 6 nitrogen and oxygen atoms in total. The third-order valence-corrected chi connectivity index (χ3v) is 6.30. The maximum atomic E-state index is 11.5. The molecule has 1 aromatic heterocycles.